The fourth-order valence-electron chi connectivity index (χ4n) is 1.47. The topological polar surface area (TPSA) is 66.9 Å². The highest BCUT2D eigenvalue weighted by Gasteiger charge is 2.10. The van der Waals surface area contributed by atoms with E-state index in [2.05, 4.69) is 10.4 Å². The molecule has 5 heteroatoms. The zero-order valence-electron chi connectivity index (χ0n) is 8.68. The lowest BCUT2D eigenvalue weighted by atomic mass is 10.2. The number of H-pyrrole nitrogens is 1. The molecule has 0 saturated carbocycles. The quantitative estimate of drug-likeness (QED) is 0.711. The number of aryl methyl sites for hydroxylation is 1. The molecule has 1 aromatic rings. The normalized spacial score (nSPS) is 10.2. The molecule has 0 atom stereocenters. The molecule has 1 amide bonds. The van der Waals surface area contributed by atoms with Crippen molar-refractivity contribution in [2.24, 2.45) is 7.05 Å². The van der Waals surface area contributed by atoms with Crippen LogP contribution in [-0.2, 0) is 24.8 Å². The van der Waals surface area contributed by atoms with Gasteiger partial charge in [-0.15, -0.1) is 0 Å². The predicted molar refractivity (Wildman–Crippen MR) is 52.9 cm³/mol. The molecular formula is C9H15N3O2. The highest BCUT2D eigenvalue weighted by Crippen LogP contribution is 2.02. The van der Waals surface area contributed by atoms with Crippen LogP contribution >= 0.6 is 0 Å². The van der Waals surface area contributed by atoms with Crippen molar-refractivity contribution in [3.8, 4) is 0 Å². The minimum atomic E-state index is -0.129. The van der Waals surface area contributed by atoms with Gasteiger partial charge in [0.05, 0.1) is 12.1 Å². The summed E-state index contributed by atoms with van der Waals surface area (Å²) in [5.41, 5.74) is 1.45. The Balaban J connectivity index is 2.94. The molecule has 0 unspecified atom stereocenters. The van der Waals surface area contributed by atoms with Crippen LogP contribution in [0.4, 0.5) is 0 Å². The molecule has 0 aliphatic rings. The van der Waals surface area contributed by atoms with Crippen LogP contribution in [0.5, 0.6) is 0 Å². The lowest BCUT2D eigenvalue weighted by Gasteiger charge is -2.02. The maximum atomic E-state index is 11.4. The Morgan fingerprint density at radius 1 is 1.57 bits per heavy atom. The van der Waals surface area contributed by atoms with Crippen LogP contribution in [0, 0.1) is 0 Å². The third kappa shape index (κ3) is 2.04. The fraction of sp³-hybridized carbons (Fsp3) is 0.556. The van der Waals surface area contributed by atoms with Crippen molar-refractivity contribution in [1.82, 2.24) is 15.1 Å². The first-order chi connectivity index (χ1) is 6.56. The van der Waals surface area contributed by atoms with Crippen molar-refractivity contribution in [2.45, 2.75) is 26.8 Å². The van der Waals surface area contributed by atoms with E-state index in [1.807, 2.05) is 6.92 Å². The lowest BCUT2D eigenvalue weighted by molar-refractivity contribution is -0.119. The molecule has 1 heterocycles. The van der Waals surface area contributed by atoms with E-state index in [-0.39, 0.29) is 11.5 Å². The number of nitrogens with one attached hydrogen (secondary N) is 2. The van der Waals surface area contributed by atoms with Crippen LogP contribution in [0.1, 0.15) is 25.1 Å². The van der Waals surface area contributed by atoms with Gasteiger partial charge in [0, 0.05) is 19.7 Å². The van der Waals surface area contributed by atoms with Gasteiger partial charge in [0.15, 0.2) is 0 Å². The average molecular weight is 197 g/mol. The number of aromatic amines is 1. The Hall–Kier alpha value is -1.52. The SMILES string of the molecule is CCc1c(CNC(C)=O)c(=O)[nH]n1C. The Kier molecular flexibility index (Phi) is 3.11. The van der Waals surface area contributed by atoms with Crippen molar-refractivity contribution in [2.75, 3.05) is 0 Å². The van der Waals surface area contributed by atoms with E-state index in [1.165, 1.54) is 6.92 Å². The number of carbonyl (C=O) groups excluding carboxylic acids is 1. The van der Waals surface area contributed by atoms with Crippen LogP contribution in [0.2, 0.25) is 0 Å². The van der Waals surface area contributed by atoms with Crippen LogP contribution < -0.4 is 10.9 Å². The summed E-state index contributed by atoms with van der Waals surface area (Å²) in [5, 5.41) is 5.28. The maximum Gasteiger partial charge on any atom is 0.269 e. The van der Waals surface area contributed by atoms with Gasteiger partial charge < -0.3 is 5.32 Å². The molecule has 5 nitrogen and oxygen atoms in total. The number of carbonyl (C=O) groups is 1. The predicted octanol–water partition coefficient (Wildman–Crippen LogP) is -0.0881. The molecule has 0 bridgehead atoms. The highest BCUT2D eigenvalue weighted by molar-refractivity contribution is 5.72. The monoisotopic (exact) mass is 197 g/mol. The van der Waals surface area contributed by atoms with E-state index in [9.17, 15) is 9.59 Å². The summed E-state index contributed by atoms with van der Waals surface area (Å²) in [6.45, 7) is 3.71. The van der Waals surface area contributed by atoms with Crippen LogP contribution in [0.15, 0.2) is 4.79 Å². The maximum absolute atomic E-state index is 11.4. The molecule has 0 aromatic carbocycles. The van der Waals surface area contributed by atoms with Crippen molar-refractivity contribution < 1.29 is 4.79 Å². The first-order valence-corrected chi connectivity index (χ1v) is 4.57. The highest BCUT2D eigenvalue weighted by atomic mass is 16.1. The summed E-state index contributed by atoms with van der Waals surface area (Å²) < 4.78 is 1.69. The van der Waals surface area contributed by atoms with Gasteiger partial charge in [0.2, 0.25) is 5.91 Å². The fourth-order valence-corrected chi connectivity index (χ4v) is 1.47. The largest absolute Gasteiger partial charge is 0.352 e. The van der Waals surface area contributed by atoms with Crippen molar-refractivity contribution in [1.29, 1.82) is 0 Å². The van der Waals surface area contributed by atoms with E-state index < -0.39 is 0 Å². The Bertz CT molecular complexity index is 389. The summed E-state index contributed by atoms with van der Waals surface area (Å²) in [7, 11) is 1.79. The van der Waals surface area contributed by atoms with Crippen molar-refractivity contribution in [3.63, 3.8) is 0 Å². The number of hydrogen-bond donors (Lipinski definition) is 2. The van der Waals surface area contributed by atoms with Gasteiger partial charge in [0.1, 0.15) is 0 Å². The Morgan fingerprint density at radius 3 is 2.71 bits per heavy atom. The average Bonchev–Trinajstić information content (AvgIpc) is 2.36. The minimum Gasteiger partial charge on any atom is -0.352 e. The van der Waals surface area contributed by atoms with Gasteiger partial charge in [-0.2, -0.15) is 0 Å². The minimum absolute atomic E-state index is 0.127. The van der Waals surface area contributed by atoms with Crippen molar-refractivity contribution >= 4 is 5.91 Å². The first-order valence-electron chi connectivity index (χ1n) is 4.57. The van der Waals surface area contributed by atoms with Crippen LogP contribution in [-0.4, -0.2) is 15.7 Å². The Labute approximate surface area is 82.1 Å². The molecule has 0 saturated heterocycles. The standard InChI is InChI=1S/C9H15N3O2/c1-4-8-7(5-10-6(2)13)9(14)11-12(8)3/h4-5H2,1-3H3,(H,10,13)(H,11,14). The summed E-state index contributed by atoms with van der Waals surface area (Å²) in [6, 6.07) is 0. The molecule has 1 rings (SSSR count). The van der Waals surface area contributed by atoms with Gasteiger partial charge in [-0.25, -0.2) is 0 Å². The van der Waals surface area contributed by atoms with Crippen molar-refractivity contribution in [3.05, 3.63) is 21.6 Å². The molecule has 0 aliphatic heterocycles. The number of aromatic nitrogens is 2. The molecular weight excluding hydrogens is 182 g/mol. The van der Waals surface area contributed by atoms with E-state index in [1.54, 1.807) is 11.7 Å². The molecule has 0 spiro atoms. The van der Waals surface area contributed by atoms with Crippen LogP contribution in [0.3, 0.4) is 0 Å². The van der Waals surface area contributed by atoms with E-state index in [0.29, 0.717) is 12.1 Å². The summed E-state index contributed by atoms with van der Waals surface area (Å²) >= 11 is 0. The van der Waals surface area contributed by atoms with E-state index in [4.69, 9.17) is 0 Å². The molecule has 1 aromatic heterocycles. The zero-order valence-corrected chi connectivity index (χ0v) is 8.68. The lowest BCUT2D eigenvalue weighted by Crippen LogP contribution is -2.23. The van der Waals surface area contributed by atoms with Gasteiger partial charge in [-0.3, -0.25) is 19.4 Å². The number of nitrogens with zero attached hydrogens (tertiary/aromatic N) is 1. The van der Waals surface area contributed by atoms with E-state index >= 15 is 0 Å². The molecule has 0 aliphatic carbocycles. The first kappa shape index (κ1) is 10.6. The third-order valence-electron chi connectivity index (χ3n) is 2.15. The summed E-state index contributed by atoms with van der Waals surface area (Å²) in [5.74, 6) is -0.129. The van der Waals surface area contributed by atoms with E-state index in [0.717, 1.165) is 12.1 Å². The molecule has 0 radical (unpaired) electrons. The third-order valence-corrected chi connectivity index (χ3v) is 2.15. The molecule has 78 valence electrons. The molecule has 14 heavy (non-hydrogen) atoms. The van der Waals surface area contributed by atoms with Crippen LogP contribution in [0.25, 0.3) is 0 Å². The molecule has 0 fully saturated rings. The Morgan fingerprint density at radius 2 is 2.21 bits per heavy atom. The zero-order chi connectivity index (χ0) is 10.7. The number of amides is 1. The van der Waals surface area contributed by atoms with Gasteiger partial charge in [0.25, 0.3) is 5.56 Å². The molecule has 2 N–H and O–H groups in total. The summed E-state index contributed by atoms with van der Waals surface area (Å²) in [4.78, 5) is 22.1. The number of rotatable bonds is 3. The number of hydrogen-bond acceptors (Lipinski definition) is 2. The second-order valence-electron chi connectivity index (χ2n) is 3.19. The summed E-state index contributed by atoms with van der Waals surface area (Å²) in [6.07, 6.45) is 0.768. The van der Waals surface area contributed by atoms with Gasteiger partial charge >= 0.3 is 0 Å². The second kappa shape index (κ2) is 4.13. The smallest absolute Gasteiger partial charge is 0.269 e. The second-order valence-corrected chi connectivity index (χ2v) is 3.19. The van der Waals surface area contributed by atoms with Gasteiger partial charge in [-0.1, -0.05) is 6.92 Å². The van der Waals surface area contributed by atoms with Gasteiger partial charge in [-0.05, 0) is 6.42 Å².